The molecule has 4 nitrogen and oxygen atoms in total. The second kappa shape index (κ2) is 8.70. The molecule has 0 saturated carbocycles. The van der Waals surface area contributed by atoms with Gasteiger partial charge in [0.2, 0.25) is 5.91 Å². The van der Waals surface area contributed by atoms with Crippen molar-refractivity contribution in [2.45, 2.75) is 39.3 Å². The van der Waals surface area contributed by atoms with Gasteiger partial charge in [0.05, 0.1) is 12.6 Å². The average Bonchev–Trinajstić information content (AvgIpc) is 2.55. The predicted molar refractivity (Wildman–Crippen MR) is 92.0 cm³/mol. The Labute approximate surface area is 143 Å². The number of rotatable bonds is 6. The molecule has 2 rings (SSSR count). The van der Waals surface area contributed by atoms with Crippen molar-refractivity contribution < 1.29 is 13.9 Å². The van der Waals surface area contributed by atoms with E-state index in [4.69, 9.17) is 11.2 Å². The topological polar surface area (TPSA) is 41.6 Å². The molecule has 0 unspecified atom stereocenters. The highest BCUT2D eigenvalue weighted by Crippen LogP contribution is 2.20. The second-order valence-corrected chi connectivity index (χ2v) is 6.40. The van der Waals surface area contributed by atoms with Gasteiger partial charge in [0.15, 0.2) is 11.6 Å². The van der Waals surface area contributed by atoms with Crippen LogP contribution in [0.15, 0.2) is 18.2 Å². The van der Waals surface area contributed by atoms with Crippen LogP contribution in [0.1, 0.15) is 32.3 Å². The molecule has 1 heterocycles. The molecule has 1 aromatic carbocycles. The van der Waals surface area contributed by atoms with Gasteiger partial charge in [-0.1, -0.05) is 12.0 Å². The van der Waals surface area contributed by atoms with E-state index in [1.807, 2.05) is 13.8 Å². The fraction of sp³-hybridized carbons (Fsp3) is 0.526. The van der Waals surface area contributed by atoms with E-state index in [1.54, 1.807) is 12.1 Å². The lowest BCUT2D eigenvalue weighted by Crippen LogP contribution is -2.40. The van der Waals surface area contributed by atoms with Gasteiger partial charge < -0.3 is 10.1 Å². The zero-order chi connectivity index (χ0) is 17.5. The number of likely N-dealkylation sites (tertiary alicyclic amines) is 1. The highest BCUT2D eigenvalue weighted by Gasteiger charge is 2.24. The summed E-state index contributed by atoms with van der Waals surface area (Å²) in [7, 11) is 0. The summed E-state index contributed by atoms with van der Waals surface area (Å²) in [6, 6.07) is 4.79. The van der Waals surface area contributed by atoms with Crippen molar-refractivity contribution in [1.29, 1.82) is 0 Å². The summed E-state index contributed by atoms with van der Waals surface area (Å²) in [5.74, 6) is 2.49. The second-order valence-electron chi connectivity index (χ2n) is 6.40. The molecular formula is C19H25FN2O2. The molecule has 1 aromatic rings. The van der Waals surface area contributed by atoms with Crippen molar-refractivity contribution in [1.82, 2.24) is 10.2 Å². The van der Waals surface area contributed by atoms with Crippen molar-refractivity contribution in [3.63, 3.8) is 0 Å². The van der Waals surface area contributed by atoms with Gasteiger partial charge in [-0.2, -0.15) is 0 Å². The van der Waals surface area contributed by atoms with Gasteiger partial charge >= 0.3 is 0 Å². The van der Waals surface area contributed by atoms with Crippen LogP contribution in [-0.2, 0) is 11.3 Å². The zero-order valence-corrected chi connectivity index (χ0v) is 14.3. The highest BCUT2D eigenvalue weighted by atomic mass is 19.1. The largest absolute Gasteiger partial charge is 0.488 e. The standard InChI is InChI=1S/C19H25FN2O2/c1-4-9-22-10-7-16(8-11-22)19(23)21-13-15-5-6-18(17(20)12-15)24-14(2)3/h1,5-6,12,14,16H,7-11,13H2,2-3H3,(H,21,23). The zero-order valence-electron chi connectivity index (χ0n) is 14.3. The summed E-state index contributed by atoms with van der Waals surface area (Å²) in [5.41, 5.74) is 0.724. The van der Waals surface area contributed by atoms with Crippen LogP contribution < -0.4 is 10.1 Å². The van der Waals surface area contributed by atoms with E-state index in [-0.39, 0.29) is 23.7 Å². The third-order valence-electron chi connectivity index (χ3n) is 4.10. The molecule has 1 fully saturated rings. The summed E-state index contributed by atoms with van der Waals surface area (Å²) in [6.45, 7) is 6.35. The number of nitrogens with zero attached hydrogens (tertiary/aromatic N) is 1. The molecule has 1 amide bonds. The third-order valence-corrected chi connectivity index (χ3v) is 4.10. The first-order valence-corrected chi connectivity index (χ1v) is 8.38. The van der Waals surface area contributed by atoms with Gasteiger partial charge in [0.25, 0.3) is 0 Å². The van der Waals surface area contributed by atoms with E-state index >= 15 is 0 Å². The SMILES string of the molecule is C#CCN1CCC(C(=O)NCc2ccc(OC(C)C)c(F)c2)CC1. The van der Waals surface area contributed by atoms with E-state index in [1.165, 1.54) is 6.07 Å². The maximum atomic E-state index is 13.9. The number of piperidine rings is 1. The Balaban J connectivity index is 1.82. The van der Waals surface area contributed by atoms with Gasteiger partial charge in [-0.25, -0.2) is 4.39 Å². The van der Waals surface area contributed by atoms with Crippen LogP contribution in [0.2, 0.25) is 0 Å². The maximum Gasteiger partial charge on any atom is 0.223 e. The van der Waals surface area contributed by atoms with E-state index in [0.29, 0.717) is 13.1 Å². The van der Waals surface area contributed by atoms with E-state index in [2.05, 4.69) is 16.1 Å². The minimum atomic E-state index is -0.405. The Bertz CT molecular complexity index is 602. The lowest BCUT2D eigenvalue weighted by molar-refractivity contribution is -0.126. The summed E-state index contributed by atoms with van der Waals surface area (Å²) in [4.78, 5) is 14.4. The number of terminal acetylenes is 1. The molecule has 130 valence electrons. The quantitative estimate of drug-likeness (QED) is 0.814. The van der Waals surface area contributed by atoms with Gasteiger partial charge in [-0.05, 0) is 57.5 Å². The van der Waals surface area contributed by atoms with Crippen molar-refractivity contribution in [2.75, 3.05) is 19.6 Å². The Hall–Kier alpha value is -2.06. The Kier molecular flexibility index (Phi) is 6.62. The molecule has 5 heteroatoms. The lowest BCUT2D eigenvalue weighted by Gasteiger charge is -2.29. The van der Waals surface area contributed by atoms with Crippen LogP contribution in [0.5, 0.6) is 5.75 Å². The highest BCUT2D eigenvalue weighted by molar-refractivity contribution is 5.78. The van der Waals surface area contributed by atoms with Crippen molar-refractivity contribution in [2.24, 2.45) is 5.92 Å². The summed E-state index contributed by atoms with van der Waals surface area (Å²) < 4.78 is 19.3. The van der Waals surface area contributed by atoms with E-state index in [0.717, 1.165) is 31.5 Å². The molecule has 1 aliphatic rings. The average molecular weight is 332 g/mol. The minimum absolute atomic E-state index is 0.00687. The first-order valence-electron chi connectivity index (χ1n) is 8.38. The molecule has 0 radical (unpaired) electrons. The number of hydrogen-bond acceptors (Lipinski definition) is 3. The number of nitrogens with one attached hydrogen (secondary N) is 1. The van der Waals surface area contributed by atoms with E-state index in [9.17, 15) is 9.18 Å². The number of carbonyl (C=O) groups excluding carboxylic acids is 1. The summed E-state index contributed by atoms with van der Waals surface area (Å²) in [5, 5.41) is 2.90. The smallest absolute Gasteiger partial charge is 0.223 e. The number of benzene rings is 1. The molecule has 0 atom stereocenters. The predicted octanol–water partition coefficient (Wildman–Crippen LogP) is 2.57. The Morgan fingerprint density at radius 1 is 1.46 bits per heavy atom. The van der Waals surface area contributed by atoms with Crippen LogP contribution in [-0.4, -0.2) is 36.5 Å². The molecule has 0 aromatic heterocycles. The van der Waals surface area contributed by atoms with Gasteiger partial charge in [0, 0.05) is 12.5 Å². The van der Waals surface area contributed by atoms with Crippen LogP contribution in [0, 0.1) is 24.1 Å². The fourth-order valence-corrected chi connectivity index (χ4v) is 2.82. The van der Waals surface area contributed by atoms with Crippen LogP contribution in [0.3, 0.4) is 0 Å². The maximum absolute atomic E-state index is 13.9. The fourth-order valence-electron chi connectivity index (χ4n) is 2.82. The van der Waals surface area contributed by atoms with Gasteiger partial charge in [-0.15, -0.1) is 6.42 Å². The van der Waals surface area contributed by atoms with Crippen LogP contribution in [0.4, 0.5) is 4.39 Å². The molecule has 0 aliphatic carbocycles. The molecule has 0 bridgehead atoms. The molecule has 1 N–H and O–H groups in total. The molecule has 0 spiro atoms. The lowest BCUT2D eigenvalue weighted by atomic mass is 9.96. The van der Waals surface area contributed by atoms with Crippen molar-refractivity contribution in [3.05, 3.63) is 29.6 Å². The normalized spacial score (nSPS) is 16.0. The van der Waals surface area contributed by atoms with E-state index < -0.39 is 5.82 Å². The molecule has 24 heavy (non-hydrogen) atoms. The number of halogens is 1. The van der Waals surface area contributed by atoms with Crippen LogP contribution in [0.25, 0.3) is 0 Å². The molecule has 1 aliphatic heterocycles. The molecule has 1 saturated heterocycles. The molecular weight excluding hydrogens is 307 g/mol. The van der Waals surface area contributed by atoms with Gasteiger partial charge in [-0.3, -0.25) is 9.69 Å². The number of amides is 1. The Morgan fingerprint density at radius 3 is 2.75 bits per heavy atom. The monoisotopic (exact) mass is 332 g/mol. The van der Waals surface area contributed by atoms with Crippen LogP contribution >= 0.6 is 0 Å². The third kappa shape index (κ3) is 5.24. The first-order chi connectivity index (χ1) is 11.5. The first kappa shape index (κ1) is 18.3. The minimum Gasteiger partial charge on any atom is -0.488 e. The summed E-state index contributed by atoms with van der Waals surface area (Å²) >= 11 is 0. The number of hydrogen-bond donors (Lipinski definition) is 1. The number of carbonyl (C=O) groups is 1. The Morgan fingerprint density at radius 2 is 2.17 bits per heavy atom. The van der Waals surface area contributed by atoms with Gasteiger partial charge in [0.1, 0.15) is 0 Å². The summed E-state index contributed by atoms with van der Waals surface area (Å²) in [6.07, 6.45) is 6.84. The van der Waals surface area contributed by atoms with Crippen molar-refractivity contribution in [3.8, 4) is 18.1 Å². The number of ether oxygens (including phenoxy) is 1. The van der Waals surface area contributed by atoms with Crippen molar-refractivity contribution >= 4 is 5.91 Å².